The van der Waals surface area contributed by atoms with Gasteiger partial charge in [0, 0.05) is 35.9 Å². The first kappa shape index (κ1) is 14.2. The lowest BCUT2D eigenvalue weighted by atomic mass is 10.1. The summed E-state index contributed by atoms with van der Waals surface area (Å²) >= 11 is 1.89. The van der Waals surface area contributed by atoms with Gasteiger partial charge in [0.1, 0.15) is 0 Å². The lowest BCUT2D eigenvalue weighted by Crippen LogP contribution is -2.25. The molecule has 1 aromatic carbocycles. The zero-order chi connectivity index (χ0) is 13.7. The molecule has 0 aliphatic rings. The molecule has 2 aromatic rings. The van der Waals surface area contributed by atoms with Crippen LogP contribution in [0.25, 0.3) is 5.69 Å². The Bertz CT molecular complexity index is 479. The summed E-state index contributed by atoms with van der Waals surface area (Å²) in [6.07, 6.45) is 7.71. The second kappa shape index (κ2) is 6.78. The highest BCUT2D eigenvalue weighted by Gasteiger charge is 2.07. The van der Waals surface area contributed by atoms with Gasteiger partial charge in [0.15, 0.2) is 0 Å². The van der Waals surface area contributed by atoms with Crippen molar-refractivity contribution in [3.8, 4) is 5.69 Å². The van der Waals surface area contributed by atoms with Gasteiger partial charge in [0.05, 0.1) is 6.33 Å². The van der Waals surface area contributed by atoms with Crippen molar-refractivity contribution in [1.29, 1.82) is 0 Å². The Hall–Kier alpha value is -1.26. The van der Waals surface area contributed by atoms with Crippen molar-refractivity contribution >= 4 is 11.8 Å². The summed E-state index contributed by atoms with van der Waals surface area (Å²) in [5.41, 5.74) is 2.46. The zero-order valence-corrected chi connectivity index (χ0v) is 12.5. The van der Waals surface area contributed by atoms with Gasteiger partial charge in [-0.1, -0.05) is 19.1 Å². The monoisotopic (exact) mass is 275 g/mol. The van der Waals surface area contributed by atoms with Gasteiger partial charge in [-0.3, -0.25) is 0 Å². The Kier molecular flexibility index (Phi) is 5.05. The highest BCUT2D eigenvalue weighted by Crippen LogP contribution is 2.16. The molecule has 4 heteroatoms. The summed E-state index contributed by atoms with van der Waals surface area (Å²) in [6, 6.07) is 9.00. The largest absolute Gasteiger partial charge is 0.309 e. The lowest BCUT2D eigenvalue weighted by Gasteiger charge is -2.17. The van der Waals surface area contributed by atoms with Crippen molar-refractivity contribution < 1.29 is 0 Å². The summed E-state index contributed by atoms with van der Waals surface area (Å²) in [5.74, 6) is 0. The minimum atomic E-state index is 0.381. The molecule has 102 valence electrons. The maximum Gasteiger partial charge on any atom is 0.0991 e. The average molecular weight is 275 g/mol. The van der Waals surface area contributed by atoms with Crippen molar-refractivity contribution in [3.63, 3.8) is 0 Å². The number of benzene rings is 1. The molecule has 2 atom stereocenters. The molecule has 0 spiro atoms. The molecule has 19 heavy (non-hydrogen) atoms. The molecule has 0 amide bonds. The number of aromatic nitrogens is 2. The Morgan fingerprint density at radius 2 is 2.00 bits per heavy atom. The van der Waals surface area contributed by atoms with Gasteiger partial charge in [0.2, 0.25) is 0 Å². The minimum absolute atomic E-state index is 0.381. The first-order chi connectivity index (χ1) is 9.20. The molecule has 0 aliphatic heterocycles. The number of nitrogens with zero attached hydrogens (tertiary/aromatic N) is 2. The molecular formula is C15H21N3S. The number of thioether (sulfide) groups is 1. The topological polar surface area (TPSA) is 29.9 Å². The molecular weight excluding hydrogens is 254 g/mol. The quantitative estimate of drug-likeness (QED) is 0.877. The normalized spacial score (nSPS) is 14.3. The molecule has 1 aromatic heterocycles. The third kappa shape index (κ3) is 3.85. The number of rotatable bonds is 6. The van der Waals surface area contributed by atoms with Gasteiger partial charge in [-0.25, -0.2) is 4.98 Å². The van der Waals surface area contributed by atoms with Crippen LogP contribution in [-0.4, -0.2) is 27.6 Å². The van der Waals surface area contributed by atoms with Crippen molar-refractivity contribution in [2.24, 2.45) is 0 Å². The second-order valence-electron chi connectivity index (χ2n) is 4.74. The predicted octanol–water partition coefficient (Wildman–Crippen LogP) is 3.27. The van der Waals surface area contributed by atoms with Crippen molar-refractivity contribution in [3.05, 3.63) is 48.5 Å². The maximum atomic E-state index is 4.06. The van der Waals surface area contributed by atoms with Crippen molar-refractivity contribution in [2.45, 2.75) is 25.1 Å². The number of hydrogen-bond donors (Lipinski definition) is 1. The van der Waals surface area contributed by atoms with E-state index in [1.165, 1.54) is 5.56 Å². The molecule has 0 aliphatic carbocycles. The maximum absolute atomic E-state index is 4.06. The summed E-state index contributed by atoms with van der Waals surface area (Å²) in [5, 5.41) is 4.21. The van der Waals surface area contributed by atoms with Crippen LogP contribution in [0.5, 0.6) is 0 Å². The molecule has 1 N–H and O–H groups in total. The number of imidazole rings is 1. The summed E-state index contributed by atoms with van der Waals surface area (Å²) in [7, 11) is 0. The Morgan fingerprint density at radius 3 is 2.58 bits per heavy atom. The molecule has 0 fully saturated rings. The van der Waals surface area contributed by atoms with Gasteiger partial charge in [-0.15, -0.1) is 0 Å². The summed E-state index contributed by atoms with van der Waals surface area (Å²) < 4.78 is 2.01. The molecule has 0 radical (unpaired) electrons. The van der Waals surface area contributed by atoms with E-state index < -0.39 is 0 Å². The van der Waals surface area contributed by atoms with Gasteiger partial charge < -0.3 is 9.88 Å². The second-order valence-corrected chi connectivity index (χ2v) is 6.01. The van der Waals surface area contributed by atoms with Crippen LogP contribution in [0.15, 0.2) is 43.0 Å². The van der Waals surface area contributed by atoms with E-state index >= 15 is 0 Å². The third-order valence-corrected chi connectivity index (χ3v) is 4.28. The van der Waals surface area contributed by atoms with Crippen LogP contribution in [0, 0.1) is 0 Å². The van der Waals surface area contributed by atoms with Gasteiger partial charge >= 0.3 is 0 Å². The molecule has 0 bridgehead atoms. The van der Waals surface area contributed by atoms with Crippen LogP contribution in [0.3, 0.4) is 0 Å². The van der Waals surface area contributed by atoms with E-state index in [1.54, 1.807) is 6.20 Å². The zero-order valence-electron chi connectivity index (χ0n) is 11.7. The molecule has 0 saturated heterocycles. The van der Waals surface area contributed by atoms with Crippen LogP contribution >= 0.6 is 11.8 Å². The molecule has 2 rings (SSSR count). The third-order valence-electron chi connectivity index (χ3n) is 3.31. The Labute approximate surface area is 119 Å². The smallest absolute Gasteiger partial charge is 0.0991 e. The van der Waals surface area contributed by atoms with E-state index in [-0.39, 0.29) is 0 Å². The van der Waals surface area contributed by atoms with Crippen LogP contribution in [0.4, 0.5) is 0 Å². The van der Waals surface area contributed by atoms with Gasteiger partial charge in [-0.2, -0.15) is 11.8 Å². The fraction of sp³-hybridized carbons (Fsp3) is 0.400. The Balaban J connectivity index is 1.98. The summed E-state index contributed by atoms with van der Waals surface area (Å²) in [6.45, 7) is 5.48. The first-order valence-electron chi connectivity index (χ1n) is 6.55. The molecule has 2 unspecified atom stereocenters. The average Bonchev–Trinajstić information content (AvgIpc) is 2.98. The highest BCUT2D eigenvalue weighted by atomic mass is 32.2. The van der Waals surface area contributed by atoms with Gasteiger partial charge in [-0.05, 0) is 30.9 Å². The van der Waals surface area contributed by atoms with Crippen LogP contribution in [0.2, 0.25) is 0 Å². The summed E-state index contributed by atoms with van der Waals surface area (Å²) in [4.78, 5) is 4.06. The van der Waals surface area contributed by atoms with Crippen LogP contribution < -0.4 is 5.32 Å². The first-order valence-corrected chi connectivity index (χ1v) is 7.84. The number of nitrogens with one attached hydrogen (secondary N) is 1. The van der Waals surface area contributed by atoms with Crippen molar-refractivity contribution in [1.82, 2.24) is 14.9 Å². The van der Waals surface area contributed by atoms with E-state index in [0.29, 0.717) is 11.3 Å². The minimum Gasteiger partial charge on any atom is -0.309 e. The van der Waals surface area contributed by atoms with E-state index in [2.05, 4.69) is 54.7 Å². The van der Waals surface area contributed by atoms with E-state index in [0.717, 1.165) is 12.2 Å². The standard InChI is InChI=1S/C15H21N3S/c1-12(19-3)10-17-13(2)14-4-6-15(7-5-14)18-9-8-16-11-18/h4-9,11-13,17H,10H2,1-3H3. The molecule has 0 saturated carbocycles. The van der Waals surface area contributed by atoms with Gasteiger partial charge in [0.25, 0.3) is 0 Å². The Morgan fingerprint density at radius 1 is 1.26 bits per heavy atom. The number of hydrogen-bond acceptors (Lipinski definition) is 3. The lowest BCUT2D eigenvalue weighted by molar-refractivity contribution is 0.576. The molecule has 1 heterocycles. The molecule has 3 nitrogen and oxygen atoms in total. The van der Waals surface area contributed by atoms with Crippen LogP contribution in [0.1, 0.15) is 25.5 Å². The fourth-order valence-corrected chi connectivity index (χ4v) is 2.15. The SMILES string of the molecule is CSC(C)CNC(C)c1ccc(-n2ccnc2)cc1. The van der Waals surface area contributed by atoms with E-state index in [4.69, 9.17) is 0 Å². The predicted molar refractivity (Wildman–Crippen MR) is 83.0 cm³/mol. The van der Waals surface area contributed by atoms with E-state index in [1.807, 2.05) is 28.9 Å². The fourth-order valence-electron chi connectivity index (χ4n) is 1.89. The van der Waals surface area contributed by atoms with Crippen molar-refractivity contribution in [2.75, 3.05) is 12.8 Å². The van der Waals surface area contributed by atoms with Crippen LogP contribution in [-0.2, 0) is 0 Å². The van der Waals surface area contributed by atoms with E-state index in [9.17, 15) is 0 Å². The highest BCUT2D eigenvalue weighted by molar-refractivity contribution is 7.99.